The summed E-state index contributed by atoms with van der Waals surface area (Å²) in [6, 6.07) is 0. The summed E-state index contributed by atoms with van der Waals surface area (Å²) in [4.78, 5) is 2.40. The average Bonchev–Trinajstić information content (AvgIpc) is 1.93. The molecule has 1 N–H and O–H groups in total. The van der Waals surface area contributed by atoms with Gasteiger partial charge in [-0.1, -0.05) is 13.8 Å². The van der Waals surface area contributed by atoms with Crippen LogP contribution >= 0.6 is 0 Å². The van der Waals surface area contributed by atoms with E-state index < -0.39 is 0 Å². The zero-order valence-electron chi connectivity index (χ0n) is 7.45. The van der Waals surface area contributed by atoms with Gasteiger partial charge >= 0.3 is 0 Å². The molecule has 1 heterocycles. The van der Waals surface area contributed by atoms with E-state index in [4.69, 9.17) is 5.21 Å². The number of hydroxylamine groups is 2. The predicted octanol–water partition coefficient (Wildman–Crippen LogP) is 0.649. The number of piperazine rings is 1. The van der Waals surface area contributed by atoms with Crippen molar-refractivity contribution < 1.29 is 5.21 Å². The molecule has 3 heteroatoms. The third-order valence-electron chi connectivity index (χ3n) is 1.97. The first kappa shape index (κ1) is 8.97. The van der Waals surface area contributed by atoms with Gasteiger partial charge in [-0.25, -0.2) is 0 Å². The number of nitrogens with zero attached hydrogens (tertiary/aromatic N) is 2. The molecule has 3 nitrogen and oxygen atoms in total. The van der Waals surface area contributed by atoms with Gasteiger partial charge in [0.1, 0.15) is 0 Å². The van der Waals surface area contributed by atoms with Crippen molar-refractivity contribution in [2.45, 2.75) is 13.8 Å². The Balaban J connectivity index is 2.17. The minimum Gasteiger partial charge on any atom is -0.314 e. The molecule has 0 aromatic rings. The molecule has 0 spiro atoms. The molecule has 66 valence electrons. The maximum absolute atomic E-state index is 9.07. The molecule has 0 unspecified atom stereocenters. The van der Waals surface area contributed by atoms with E-state index in [1.165, 1.54) is 5.06 Å². The second kappa shape index (κ2) is 4.04. The van der Waals surface area contributed by atoms with Gasteiger partial charge in [0.25, 0.3) is 0 Å². The Hall–Kier alpha value is -0.120. The fraction of sp³-hybridized carbons (Fsp3) is 1.00. The molecule has 0 aliphatic carbocycles. The van der Waals surface area contributed by atoms with Crippen molar-refractivity contribution in [3.63, 3.8) is 0 Å². The zero-order chi connectivity index (χ0) is 8.27. The highest BCUT2D eigenvalue weighted by atomic mass is 16.5. The van der Waals surface area contributed by atoms with Crippen LogP contribution < -0.4 is 0 Å². The molecule has 1 saturated heterocycles. The Morgan fingerprint density at radius 2 is 1.73 bits per heavy atom. The summed E-state index contributed by atoms with van der Waals surface area (Å²) in [6.07, 6.45) is 0. The fourth-order valence-electron chi connectivity index (χ4n) is 1.44. The van der Waals surface area contributed by atoms with Crippen LogP contribution in [-0.4, -0.2) is 47.9 Å². The first-order valence-electron chi connectivity index (χ1n) is 4.34. The fourth-order valence-corrected chi connectivity index (χ4v) is 1.44. The largest absolute Gasteiger partial charge is 0.314 e. The quantitative estimate of drug-likeness (QED) is 0.639. The summed E-state index contributed by atoms with van der Waals surface area (Å²) < 4.78 is 0. The second-order valence-corrected chi connectivity index (χ2v) is 3.65. The second-order valence-electron chi connectivity index (χ2n) is 3.65. The van der Waals surface area contributed by atoms with Crippen LogP contribution in [0.2, 0.25) is 0 Å². The van der Waals surface area contributed by atoms with E-state index in [9.17, 15) is 0 Å². The average molecular weight is 158 g/mol. The van der Waals surface area contributed by atoms with Crippen LogP contribution in [0.5, 0.6) is 0 Å². The van der Waals surface area contributed by atoms with Gasteiger partial charge in [-0.15, -0.1) is 0 Å². The van der Waals surface area contributed by atoms with Crippen molar-refractivity contribution in [1.82, 2.24) is 9.96 Å². The summed E-state index contributed by atoms with van der Waals surface area (Å²) in [5.41, 5.74) is 0. The molecule has 0 bridgehead atoms. The lowest BCUT2D eigenvalue weighted by atomic mass is 10.2. The lowest BCUT2D eigenvalue weighted by Crippen LogP contribution is -2.45. The molecule has 0 radical (unpaired) electrons. The number of hydrogen-bond donors (Lipinski definition) is 1. The van der Waals surface area contributed by atoms with E-state index in [0.717, 1.165) is 38.6 Å². The van der Waals surface area contributed by atoms with Gasteiger partial charge in [-0.2, -0.15) is 5.06 Å². The van der Waals surface area contributed by atoms with Crippen molar-refractivity contribution >= 4 is 0 Å². The number of rotatable bonds is 2. The van der Waals surface area contributed by atoms with Crippen LogP contribution in [0, 0.1) is 5.92 Å². The van der Waals surface area contributed by atoms with Crippen molar-refractivity contribution in [3.8, 4) is 0 Å². The van der Waals surface area contributed by atoms with E-state index in [0.29, 0.717) is 0 Å². The summed E-state index contributed by atoms with van der Waals surface area (Å²) in [6.45, 7) is 9.23. The van der Waals surface area contributed by atoms with Crippen LogP contribution in [0.4, 0.5) is 0 Å². The highest BCUT2D eigenvalue weighted by Crippen LogP contribution is 2.02. The highest BCUT2D eigenvalue weighted by Gasteiger charge is 2.14. The van der Waals surface area contributed by atoms with E-state index >= 15 is 0 Å². The molecular weight excluding hydrogens is 140 g/mol. The highest BCUT2D eigenvalue weighted by molar-refractivity contribution is 4.67. The molecule has 0 saturated carbocycles. The molecule has 1 aliphatic rings. The van der Waals surface area contributed by atoms with Crippen LogP contribution in [0.25, 0.3) is 0 Å². The third-order valence-corrected chi connectivity index (χ3v) is 1.97. The van der Waals surface area contributed by atoms with Crippen LogP contribution in [-0.2, 0) is 0 Å². The smallest absolute Gasteiger partial charge is 0.0366 e. The van der Waals surface area contributed by atoms with Crippen molar-refractivity contribution in [3.05, 3.63) is 0 Å². The van der Waals surface area contributed by atoms with E-state index in [1.54, 1.807) is 0 Å². The molecule has 0 aromatic heterocycles. The summed E-state index contributed by atoms with van der Waals surface area (Å²) in [5, 5.41) is 10.5. The predicted molar refractivity (Wildman–Crippen MR) is 44.6 cm³/mol. The molecule has 0 atom stereocenters. The van der Waals surface area contributed by atoms with Gasteiger partial charge in [0.15, 0.2) is 0 Å². The Morgan fingerprint density at radius 1 is 1.18 bits per heavy atom. The van der Waals surface area contributed by atoms with Gasteiger partial charge in [0, 0.05) is 32.7 Å². The van der Waals surface area contributed by atoms with Gasteiger partial charge in [-0.05, 0) is 5.92 Å². The van der Waals surface area contributed by atoms with Crippen LogP contribution in [0.1, 0.15) is 13.8 Å². The first-order valence-corrected chi connectivity index (χ1v) is 4.34. The molecule has 11 heavy (non-hydrogen) atoms. The zero-order valence-corrected chi connectivity index (χ0v) is 7.45. The van der Waals surface area contributed by atoms with E-state index in [-0.39, 0.29) is 0 Å². The molecule has 0 amide bonds. The van der Waals surface area contributed by atoms with Crippen LogP contribution in [0.15, 0.2) is 0 Å². The van der Waals surface area contributed by atoms with Gasteiger partial charge < -0.3 is 10.1 Å². The minimum atomic E-state index is 0.736. The van der Waals surface area contributed by atoms with Crippen molar-refractivity contribution in [1.29, 1.82) is 0 Å². The maximum atomic E-state index is 9.07. The van der Waals surface area contributed by atoms with E-state index in [2.05, 4.69) is 18.7 Å². The normalized spacial score (nSPS) is 22.9. The lowest BCUT2D eigenvalue weighted by molar-refractivity contribution is -0.118. The maximum Gasteiger partial charge on any atom is 0.0366 e. The Kier molecular flexibility index (Phi) is 3.30. The van der Waals surface area contributed by atoms with E-state index in [1.807, 2.05) is 0 Å². The van der Waals surface area contributed by atoms with Gasteiger partial charge in [0.05, 0.1) is 0 Å². The van der Waals surface area contributed by atoms with Gasteiger partial charge in [-0.3, -0.25) is 0 Å². The van der Waals surface area contributed by atoms with Gasteiger partial charge in [0.2, 0.25) is 0 Å². The van der Waals surface area contributed by atoms with Crippen LogP contribution in [0.3, 0.4) is 0 Å². The number of hydrogen-bond acceptors (Lipinski definition) is 3. The Labute approximate surface area is 68.6 Å². The Morgan fingerprint density at radius 3 is 2.18 bits per heavy atom. The first-order chi connectivity index (χ1) is 5.18. The SMILES string of the molecule is CC(C)CN1CCN(O)CC1. The summed E-state index contributed by atoms with van der Waals surface area (Å²) in [7, 11) is 0. The standard InChI is InChI=1S/C8H18N2O/c1-8(2)7-9-3-5-10(11)6-4-9/h8,11H,3-7H2,1-2H3. The van der Waals surface area contributed by atoms with Crippen molar-refractivity contribution in [2.24, 2.45) is 5.92 Å². The monoisotopic (exact) mass is 158 g/mol. The molecular formula is C8H18N2O. The molecule has 1 aliphatic heterocycles. The topological polar surface area (TPSA) is 26.7 Å². The third kappa shape index (κ3) is 3.18. The minimum absolute atomic E-state index is 0.736. The molecule has 1 fully saturated rings. The summed E-state index contributed by atoms with van der Waals surface area (Å²) >= 11 is 0. The lowest BCUT2D eigenvalue weighted by Gasteiger charge is -2.31. The Bertz CT molecular complexity index is 109. The molecule has 0 aromatic carbocycles. The van der Waals surface area contributed by atoms with Crippen molar-refractivity contribution in [2.75, 3.05) is 32.7 Å². The molecule has 1 rings (SSSR count). The summed E-state index contributed by atoms with van der Waals surface area (Å²) in [5.74, 6) is 0.736.